The molecule has 2 atom stereocenters. The molecule has 35 heavy (non-hydrogen) atoms. The predicted molar refractivity (Wildman–Crippen MR) is 138 cm³/mol. The van der Waals surface area contributed by atoms with E-state index in [1.807, 2.05) is 42.7 Å². The van der Waals surface area contributed by atoms with Crippen LogP contribution in [0.3, 0.4) is 0 Å². The van der Waals surface area contributed by atoms with Gasteiger partial charge in [0.1, 0.15) is 17.3 Å². The molecule has 3 rings (SSSR count). The zero-order chi connectivity index (χ0) is 25.8. The lowest BCUT2D eigenvalue weighted by atomic mass is 10.1. The third-order valence-corrected chi connectivity index (χ3v) is 9.16. The molecule has 0 fully saturated rings. The average Bonchev–Trinajstić information content (AvgIpc) is 2.94. The summed E-state index contributed by atoms with van der Waals surface area (Å²) in [6.07, 6.45) is 4.50. The highest BCUT2D eigenvalue weighted by Gasteiger charge is 2.38. The number of anilines is 2. The van der Waals surface area contributed by atoms with Crippen molar-refractivity contribution in [2.75, 3.05) is 38.5 Å². The number of methoxy groups -OCH3 is 1. The Bertz CT molecular complexity index is 1140. The molecule has 1 aliphatic heterocycles. The highest BCUT2D eigenvalue weighted by atomic mass is 32.2. The van der Waals surface area contributed by atoms with E-state index in [1.54, 1.807) is 7.05 Å². The fourth-order valence-corrected chi connectivity index (χ4v) is 6.10. The van der Waals surface area contributed by atoms with Crippen LogP contribution in [-0.2, 0) is 19.6 Å². The number of carboxylic acid groups (broad SMARTS) is 1. The van der Waals surface area contributed by atoms with Gasteiger partial charge in [-0.3, -0.25) is 0 Å². The van der Waals surface area contributed by atoms with Crippen molar-refractivity contribution in [2.45, 2.75) is 54.5 Å². The summed E-state index contributed by atoms with van der Waals surface area (Å²) >= 11 is 1.41. The fraction of sp³-hybridized carbons (Fsp3) is 0.480. The number of sulfonamides is 1. The zero-order valence-corrected chi connectivity index (χ0v) is 22.5. The van der Waals surface area contributed by atoms with Crippen LogP contribution in [0, 0.1) is 0 Å². The smallest absolute Gasteiger partial charge is 0.339 e. The number of hydrogen-bond donors (Lipinski definition) is 1. The second-order valence-electron chi connectivity index (χ2n) is 8.76. The molecular formula is C25H34N2O6S2. The highest BCUT2D eigenvalue weighted by molar-refractivity contribution is 7.98. The Hall–Kier alpha value is -2.27. The van der Waals surface area contributed by atoms with Gasteiger partial charge in [-0.1, -0.05) is 38.0 Å². The molecule has 1 unspecified atom stereocenters. The van der Waals surface area contributed by atoms with Crippen LogP contribution in [0.5, 0.6) is 5.75 Å². The number of hydrogen-bond acceptors (Lipinski definition) is 7. The van der Waals surface area contributed by atoms with Gasteiger partial charge in [0.15, 0.2) is 5.60 Å². The second kappa shape index (κ2) is 11.2. The summed E-state index contributed by atoms with van der Waals surface area (Å²) in [5.41, 5.74) is -0.0924. The largest absolute Gasteiger partial charge is 0.489 e. The number of thioether (sulfide) groups is 1. The summed E-state index contributed by atoms with van der Waals surface area (Å²) < 4.78 is 40.1. The van der Waals surface area contributed by atoms with Crippen molar-refractivity contribution < 1.29 is 27.8 Å². The molecule has 1 heterocycles. The molecule has 10 heteroatoms. The maximum atomic E-state index is 13.8. The van der Waals surface area contributed by atoms with Crippen molar-refractivity contribution in [3.05, 3.63) is 42.5 Å². The van der Waals surface area contributed by atoms with E-state index in [4.69, 9.17) is 9.47 Å². The topological polar surface area (TPSA) is 96.4 Å². The molecule has 8 nitrogen and oxygen atoms in total. The Morgan fingerprint density at radius 1 is 1.26 bits per heavy atom. The van der Waals surface area contributed by atoms with Crippen LogP contribution in [0.1, 0.15) is 33.1 Å². The van der Waals surface area contributed by atoms with Gasteiger partial charge in [0.2, 0.25) is 10.0 Å². The molecular weight excluding hydrogens is 488 g/mol. The summed E-state index contributed by atoms with van der Waals surface area (Å²) in [5.74, 6) is -0.861. The SMILES string of the molecule is CCCC[C@@H]1CN(c2ccccc2)c2cc(SC)c(OCC(C)(OC)C(=O)O)cc2S(=O)(=O)N1C. The molecule has 0 amide bonds. The molecule has 0 radical (unpaired) electrons. The first-order valence-electron chi connectivity index (χ1n) is 11.5. The Morgan fingerprint density at radius 3 is 2.51 bits per heavy atom. The lowest BCUT2D eigenvalue weighted by molar-refractivity contribution is -0.163. The standard InChI is InChI=1S/C25H34N2O6S2/c1-6-7-11-19-16-27(18-12-9-8-10-13-18)20-14-22(34-5)21(15-23(20)35(30,31)26(19)3)33-17-25(2,32-4)24(28)29/h8-10,12-15,19H,6-7,11,16-17H2,1-5H3,(H,28,29)/t19-,25?/m1/s1. The van der Waals surface area contributed by atoms with Gasteiger partial charge >= 0.3 is 5.97 Å². The van der Waals surface area contributed by atoms with E-state index in [2.05, 4.69) is 11.8 Å². The minimum Gasteiger partial charge on any atom is -0.489 e. The van der Waals surface area contributed by atoms with Gasteiger partial charge in [-0.2, -0.15) is 4.31 Å². The summed E-state index contributed by atoms with van der Waals surface area (Å²) in [4.78, 5) is 14.5. The van der Waals surface area contributed by atoms with Gasteiger partial charge in [0.25, 0.3) is 0 Å². The van der Waals surface area contributed by atoms with Gasteiger partial charge in [-0.15, -0.1) is 11.8 Å². The summed E-state index contributed by atoms with van der Waals surface area (Å²) in [6.45, 7) is 3.75. The van der Waals surface area contributed by atoms with Gasteiger partial charge < -0.3 is 19.5 Å². The second-order valence-corrected chi connectivity index (χ2v) is 11.6. The number of likely N-dealkylation sites (N-methyl/N-ethyl adjacent to an activating group) is 1. The first kappa shape index (κ1) is 27.3. The van der Waals surface area contributed by atoms with Crippen LogP contribution >= 0.6 is 11.8 Å². The fourth-order valence-electron chi connectivity index (χ4n) is 3.98. The molecule has 0 aromatic heterocycles. The minimum absolute atomic E-state index is 0.130. The maximum absolute atomic E-state index is 13.8. The van der Waals surface area contributed by atoms with Crippen LogP contribution < -0.4 is 9.64 Å². The molecule has 1 N–H and O–H groups in total. The van der Waals surface area contributed by atoms with Gasteiger partial charge in [-0.05, 0) is 37.8 Å². The van der Waals surface area contributed by atoms with E-state index in [9.17, 15) is 18.3 Å². The van der Waals surface area contributed by atoms with Crippen molar-refractivity contribution in [1.82, 2.24) is 4.31 Å². The van der Waals surface area contributed by atoms with Crippen molar-refractivity contribution in [1.29, 1.82) is 0 Å². The van der Waals surface area contributed by atoms with Crippen LogP contribution in [-0.4, -0.2) is 69.0 Å². The summed E-state index contributed by atoms with van der Waals surface area (Å²) in [6, 6.07) is 12.9. The Kier molecular flexibility index (Phi) is 8.74. The number of carboxylic acids is 1. The third kappa shape index (κ3) is 5.61. The normalized spacial score (nSPS) is 19.5. The van der Waals surface area contributed by atoms with Crippen LogP contribution in [0.15, 0.2) is 52.3 Å². The zero-order valence-electron chi connectivity index (χ0n) is 20.9. The Morgan fingerprint density at radius 2 is 1.94 bits per heavy atom. The molecule has 2 aromatic carbocycles. The maximum Gasteiger partial charge on any atom is 0.339 e. The highest BCUT2D eigenvalue weighted by Crippen LogP contribution is 2.43. The summed E-state index contributed by atoms with van der Waals surface area (Å²) in [7, 11) is -0.915. The quantitative estimate of drug-likeness (QED) is 0.452. The van der Waals surface area contributed by atoms with Crippen molar-refractivity contribution >= 4 is 39.1 Å². The van der Waals surface area contributed by atoms with E-state index in [-0.39, 0.29) is 17.5 Å². The minimum atomic E-state index is -3.85. The number of carbonyl (C=O) groups is 1. The number of unbranched alkanes of at least 4 members (excludes halogenated alkanes) is 1. The van der Waals surface area contributed by atoms with Crippen molar-refractivity contribution in [3.63, 3.8) is 0 Å². The molecule has 0 saturated heterocycles. The molecule has 192 valence electrons. The number of fused-ring (bicyclic) bond motifs is 1. The van der Waals surface area contributed by atoms with Gasteiger partial charge in [0, 0.05) is 38.5 Å². The van der Waals surface area contributed by atoms with Gasteiger partial charge in [0.05, 0.1) is 10.6 Å². The average molecular weight is 523 g/mol. The number of para-hydroxylation sites is 1. The van der Waals surface area contributed by atoms with E-state index >= 15 is 0 Å². The van der Waals surface area contributed by atoms with E-state index in [1.165, 1.54) is 36.2 Å². The van der Waals surface area contributed by atoms with Crippen molar-refractivity contribution in [3.8, 4) is 5.75 Å². The first-order valence-corrected chi connectivity index (χ1v) is 14.2. The van der Waals surface area contributed by atoms with E-state index < -0.39 is 21.6 Å². The molecule has 0 aliphatic carbocycles. The van der Waals surface area contributed by atoms with Crippen LogP contribution in [0.4, 0.5) is 11.4 Å². The number of ether oxygens (including phenoxy) is 2. The molecule has 2 aromatic rings. The van der Waals surface area contributed by atoms with E-state index in [0.717, 1.165) is 24.9 Å². The molecule has 0 spiro atoms. The lowest BCUT2D eigenvalue weighted by Crippen LogP contribution is -2.43. The monoisotopic (exact) mass is 522 g/mol. The summed E-state index contributed by atoms with van der Waals surface area (Å²) in [5, 5.41) is 9.53. The Balaban J connectivity index is 2.16. The Labute approximate surface area is 212 Å². The lowest BCUT2D eigenvalue weighted by Gasteiger charge is -2.29. The molecule has 1 aliphatic rings. The number of nitrogens with zero attached hydrogens (tertiary/aromatic N) is 2. The number of benzene rings is 2. The van der Waals surface area contributed by atoms with Gasteiger partial charge in [-0.25, -0.2) is 13.2 Å². The van der Waals surface area contributed by atoms with Crippen LogP contribution in [0.2, 0.25) is 0 Å². The van der Waals surface area contributed by atoms with Crippen molar-refractivity contribution in [2.24, 2.45) is 0 Å². The number of rotatable bonds is 10. The predicted octanol–water partition coefficient (Wildman–Crippen LogP) is 4.61. The van der Waals surface area contributed by atoms with E-state index in [0.29, 0.717) is 22.9 Å². The van der Waals surface area contributed by atoms with Crippen LogP contribution in [0.25, 0.3) is 0 Å². The first-order chi connectivity index (χ1) is 16.6. The third-order valence-electron chi connectivity index (χ3n) is 6.47. The molecule has 0 bridgehead atoms. The number of aliphatic carboxylic acids is 1. The molecule has 0 saturated carbocycles.